The standard InChI is InChI=1S/C94H167NO13/c1-3-5-7-9-11-13-15-17-19-21-23-25-27-29-31-33-35-37-38-39-40-41-42-43-44-46-48-50-52-54-56-58-60-62-64-66-68-70-72-74-76-78-86(99)95-82(81-105-93-91(104)89(102)92(85(80-97)107-93)108-94-90(103)88(101)87(100)84(79-96)106-94)83(98)77-75-73-71-69-67-65-63-61-59-57-55-53-51-49-47-45-36-34-32-30-28-26-24-22-20-18-16-14-12-10-8-6-4-2/h5,7,11,13,17,19,23,25,29,31,35,37,59,61,67,69,75,77,82-85,87-94,96-98,100-104H,3-4,6,8-10,12,14-16,18,20-22,24,26-28,30,32-34,36,38-58,60,62-66,68,70-74,76,78-81H2,1-2H3,(H,95,99)/b7-5-,13-11-,19-17-,25-23-,31-29-,37-35-,61-59+,69-67+,77-75+. The van der Waals surface area contributed by atoms with Gasteiger partial charge in [0.15, 0.2) is 12.6 Å². The van der Waals surface area contributed by atoms with Crippen LogP contribution in [0.2, 0.25) is 0 Å². The number of ether oxygens (including phenoxy) is 4. The zero-order chi connectivity index (χ0) is 77.9. The molecule has 0 aromatic carbocycles. The van der Waals surface area contributed by atoms with Gasteiger partial charge < -0.3 is 65.1 Å². The SMILES string of the molecule is CC/C=C\C/C=C\C/C=C\C/C=C\C/C=C\C/C=C\CCCCCCCCCCCCCCCCCCCCCCCCC(=O)NC(COC1OC(CO)C(OC2OC(CO)C(O)C(O)C2O)C(O)C1O)C(O)/C=C/CC/C=C/CC/C=C/CCCCCCCCCCCCCCCCCCCCCCCCC. The van der Waals surface area contributed by atoms with E-state index in [1.54, 1.807) is 6.08 Å². The predicted octanol–water partition coefficient (Wildman–Crippen LogP) is 22.1. The second-order valence-electron chi connectivity index (χ2n) is 31.3. The van der Waals surface area contributed by atoms with Gasteiger partial charge in [-0.2, -0.15) is 0 Å². The summed E-state index contributed by atoms with van der Waals surface area (Å²) in [5.74, 6) is -0.249. The van der Waals surface area contributed by atoms with E-state index < -0.39 is 86.8 Å². The third-order valence-electron chi connectivity index (χ3n) is 21.4. The van der Waals surface area contributed by atoms with Gasteiger partial charge in [0.25, 0.3) is 0 Å². The summed E-state index contributed by atoms with van der Waals surface area (Å²) >= 11 is 0. The average Bonchev–Trinajstić information content (AvgIpc) is 0.789. The Morgan fingerprint density at radius 3 is 1.02 bits per heavy atom. The Morgan fingerprint density at radius 2 is 0.648 bits per heavy atom. The number of allylic oxidation sites excluding steroid dienone is 17. The summed E-state index contributed by atoms with van der Waals surface area (Å²) in [6.07, 6.45) is 95.0. The van der Waals surface area contributed by atoms with Crippen LogP contribution in [-0.2, 0) is 23.7 Å². The van der Waals surface area contributed by atoms with Gasteiger partial charge in [-0.3, -0.25) is 4.79 Å². The number of hydrogen-bond donors (Lipinski definition) is 9. The molecule has 14 nitrogen and oxygen atoms in total. The van der Waals surface area contributed by atoms with E-state index in [-0.39, 0.29) is 18.9 Å². The Bertz CT molecular complexity index is 2240. The molecule has 0 radical (unpaired) electrons. The van der Waals surface area contributed by atoms with E-state index >= 15 is 0 Å². The first-order valence-electron chi connectivity index (χ1n) is 45.1. The molecule has 108 heavy (non-hydrogen) atoms. The van der Waals surface area contributed by atoms with Crippen LogP contribution in [0.25, 0.3) is 0 Å². The van der Waals surface area contributed by atoms with Crippen LogP contribution in [-0.4, -0.2) is 140 Å². The Hall–Kier alpha value is -3.35. The molecule has 0 bridgehead atoms. The highest BCUT2D eigenvalue weighted by Crippen LogP contribution is 2.30. The molecule has 0 spiro atoms. The van der Waals surface area contributed by atoms with Crippen LogP contribution in [0.1, 0.15) is 386 Å². The monoisotopic (exact) mass is 1520 g/mol. The Kier molecular flexibility index (Phi) is 71.2. The summed E-state index contributed by atoms with van der Waals surface area (Å²) in [6, 6.07) is -0.944. The van der Waals surface area contributed by atoms with Gasteiger partial charge in [0.2, 0.25) is 5.91 Å². The van der Waals surface area contributed by atoms with E-state index in [0.29, 0.717) is 12.8 Å². The van der Waals surface area contributed by atoms with Gasteiger partial charge in [0, 0.05) is 6.42 Å². The largest absolute Gasteiger partial charge is 0.394 e. The number of aliphatic hydroxyl groups excluding tert-OH is 8. The highest BCUT2D eigenvalue weighted by atomic mass is 16.7. The number of nitrogens with one attached hydrogen (secondary N) is 1. The molecule has 0 aromatic rings. The zero-order valence-electron chi connectivity index (χ0n) is 69.1. The van der Waals surface area contributed by atoms with Crippen LogP contribution in [0, 0.1) is 0 Å². The molecule has 12 atom stereocenters. The van der Waals surface area contributed by atoms with Crippen molar-refractivity contribution in [2.45, 2.75) is 460 Å². The van der Waals surface area contributed by atoms with Gasteiger partial charge in [0.05, 0.1) is 32.0 Å². The molecule has 14 heteroatoms. The quantitative estimate of drug-likeness (QED) is 0.0204. The summed E-state index contributed by atoms with van der Waals surface area (Å²) < 4.78 is 22.9. The van der Waals surface area contributed by atoms with Crippen LogP contribution >= 0.6 is 0 Å². The Labute approximate surface area is 661 Å². The average molecular weight is 1520 g/mol. The van der Waals surface area contributed by atoms with Crippen molar-refractivity contribution < 1.29 is 64.6 Å². The third-order valence-corrected chi connectivity index (χ3v) is 21.4. The molecular formula is C94H167NO13. The second kappa shape index (κ2) is 76.3. The number of amides is 1. The van der Waals surface area contributed by atoms with Crippen LogP contribution in [0.15, 0.2) is 109 Å². The Morgan fingerprint density at radius 1 is 0.343 bits per heavy atom. The molecule has 2 rings (SSSR count). The minimum atomic E-state index is -1.80. The van der Waals surface area contributed by atoms with Gasteiger partial charge in [-0.05, 0) is 96.3 Å². The number of carbonyl (C=O) groups is 1. The summed E-state index contributed by atoms with van der Waals surface area (Å²) in [4.78, 5) is 13.4. The van der Waals surface area contributed by atoms with Crippen LogP contribution < -0.4 is 5.32 Å². The van der Waals surface area contributed by atoms with Crippen molar-refractivity contribution in [3.63, 3.8) is 0 Å². The molecule has 2 saturated heterocycles. The van der Waals surface area contributed by atoms with E-state index in [9.17, 15) is 45.6 Å². The summed E-state index contributed by atoms with van der Waals surface area (Å²) in [5.41, 5.74) is 0. The fourth-order valence-electron chi connectivity index (χ4n) is 14.4. The number of rotatable bonds is 76. The van der Waals surface area contributed by atoms with E-state index in [2.05, 4.69) is 116 Å². The first-order valence-corrected chi connectivity index (χ1v) is 45.1. The van der Waals surface area contributed by atoms with Crippen molar-refractivity contribution in [2.24, 2.45) is 0 Å². The Balaban J connectivity index is 1.58. The lowest BCUT2D eigenvalue weighted by Crippen LogP contribution is -2.65. The molecule has 1 amide bonds. The van der Waals surface area contributed by atoms with Gasteiger partial charge in [-0.1, -0.05) is 393 Å². The highest BCUT2D eigenvalue weighted by molar-refractivity contribution is 5.76. The van der Waals surface area contributed by atoms with Crippen LogP contribution in [0.5, 0.6) is 0 Å². The highest BCUT2D eigenvalue weighted by Gasteiger charge is 2.51. The van der Waals surface area contributed by atoms with Crippen molar-refractivity contribution >= 4 is 5.91 Å². The number of carbonyl (C=O) groups excluding carboxylic acids is 1. The van der Waals surface area contributed by atoms with Crippen LogP contribution in [0.4, 0.5) is 0 Å². The number of aliphatic hydroxyl groups is 8. The maximum absolute atomic E-state index is 13.4. The number of unbranched alkanes of at least 4 members (excludes halogenated alkanes) is 47. The first-order chi connectivity index (χ1) is 53.1. The topological polar surface area (TPSA) is 228 Å². The molecular weight excluding hydrogens is 1350 g/mol. The fraction of sp³-hybridized carbons (Fsp3) is 0.798. The van der Waals surface area contributed by atoms with Crippen molar-refractivity contribution in [3.05, 3.63) is 109 Å². The van der Waals surface area contributed by atoms with Crippen LogP contribution in [0.3, 0.4) is 0 Å². The van der Waals surface area contributed by atoms with Gasteiger partial charge in [-0.15, -0.1) is 0 Å². The van der Waals surface area contributed by atoms with E-state index in [1.165, 1.54) is 270 Å². The summed E-state index contributed by atoms with van der Waals surface area (Å²) in [5, 5.41) is 87.8. The van der Waals surface area contributed by atoms with E-state index in [1.807, 2.05) is 6.08 Å². The predicted molar refractivity (Wildman–Crippen MR) is 452 cm³/mol. The molecule has 2 aliphatic rings. The number of hydrogen-bond acceptors (Lipinski definition) is 13. The summed E-state index contributed by atoms with van der Waals surface area (Å²) in [6.45, 7) is 2.71. The second-order valence-corrected chi connectivity index (χ2v) is 31.3. The van der Waals surface area contributed by atoms with E-state index in [0.717, 1.165) is 83.5 Å². The minimum absolute atomic E-state index is 0.249. The lowest BCUT2D eigenvalue weighted by atomic mass is 9.97. The molecule has 0 aliphatic carbocycles. The fourth-order valence-corrected chi connectivity index (χ4v) is 14.4. The molecule has 626 valence electrons. The third kappa shape index (κ3) is 57.6. The molecule has 2 aliphatic heterocycles. The lowest BCUT2D eigenvalue weighted by Gasteiger charge is -2.46. The van der Waals surface area contributed by atoms with Crippen molar-refractivity contribution in [1.29, 1.82) is 0 Å². The molecule has 0 aromatic heterocycles. The molecule has 0 saturated carbocycles. The molecule has 2 heterocycles. The smallest absolute Gasteiger partial charge is 0.220 e. The van der Waals surface area contributed by atoms with Gasteiger partial charge in [0.1, 0.15) is 48.8 Å². The van der Waals surface area contributed by atoms with Crippen molar-refractivity contribution in [3.8, 4) is 0 Å². The van der Waals surface area contributed by atoms with Crippen molar-refractivity contribution in [1.82, 2.24) is 5.32 Å². The maximum Gasteiger partial charge on any atom is 0.220 e. The van der Waals surface area contributed by atoms with Gasteiger partial charge >= 0.3 is 0 Å². The van der Waals surface area contributed by atoms with Gasteiger partial charge in [-0.25, -0.2) is 0 Å². The molecule has 9 N–H and O–H groups in total. The first kappa shape index (κ1) is 101. The zero-order valence-corrected chi connectivity index (χ0v) is 69.1. The molecule has 2 fully saturated rings. The van der Waals surface area contributed by atoms with Crippen molar-refractivity contribution in [2.75, 3.05) is 19.8 Å². The molecule has 12 unspecified atom stereocenters. The normalized spacial score (nSPS) is 21.6. The maximum atomic E-state index is 13.4. The van der Waals surface area contributed by atoms with E-state index in [4.69, 9.17) is 18.9 Å². The minimum Gasteiger partial charge on any atom is -0.394 e. The summed E-state index contributed by atoms with van der Waals surface area (Å²) in [7, 11) is 0. The lowest BCUT2D eigenvalue weighted by molar-refractivity contribution is -0.359.